The van der Waals surface area contributed by atoms with Gasteiger partial charge in [-0.05, 0) is 92.8 Å². The molecular weight excluding hydrogens is 456 g/mol. The quantitative estimate of drug-likeness (QED) is 0.246. The van der Waals surface area contributed by atoms with Crippen molar-refractivity contribution in [3.63, 3.8) is 0 Å². The highest BCUT2D eigenvalue weighted by molar-refractivity contribution is 5.69. The zero-order valence-corrected chi connectivity index (χ0v) is 23.1. The Hall–Kier alpha value is -1.85. The molecule has 36 heavy (non-hydrogen) atoms. The maximum absolute atomic E-state index is 12.3. The van der Waals surface area contributed by atoms with Crippen LogP contribution in [-0.2, 0) is 28.6 Å². The van der Waals surface area contributed by atoms with E-state index in [1.165, 1.54) is 13.8 Å². The van der Waals surface area contributed by atoms with Gasteiger partial charge in [-0.25, -0.2) is 0 Å². The first-order valence-corrected chi connectivity index (χ1v) is 14.2. The molecule has 0 amide bonds. The van der Waals surface area contributed by atoms with Crippen molar-refractivity contribution in [2.75, 3.05) is 6.61 Å². The average molecular weight is 503 g/mol. The molecule has 0 spiro atoms. The van der Waals surface area contributed by atoms with E-state index >= 15 is 0 Å². The van der Waals surface area contributed by atoms with Crippen LogP contribution in [0.2, 0.25) is 0 Å². The Bertz CT molecular complexity index is 881. The van der Waals surface area contributed by atoms with Crippen molar-refractivity contribution in [2.24, 2.45) is 46.3 Å². The predicted octanol–water partition coefficient (Wildman–Crippen LogP) is 5.87. The Labute approximate surface area is 216 Å². The fourth-order valence-electron chi connectivity index (χ4n) is 8.98. The van der Waals surface area contributed by atoms with Crippen LogP contribution in [0.1, 0.15) is 92.9 Å². The first-order chi connectivity index (χ1) is 17.0. The first-order valence-electron chi connectivity index (χ1n) is 14.2. The standard InChI is InChI=1S/C30H46O6/c1-7-34-28(33)13-8-18(2)24-11-12-25-23-10-9-21-16-22(35-19(3)31)14-15-29(21,5)26(23)17-27(30(24,25)6)36-20(4)32/h9-10,18,21-27H,7-8,11-17H2,1-6H3/t18-,21+,22+,23-,24+,25+,26-,27-,29-,30+/m0/s1. The van der Waals surface area contributed by atoms with E-state index < -0.39 is 0 Å². The van der Waals surface area contributed by atoms with Gasteiger partial charge in [0.2, 0.25) is 0 Å². The topological polar surface area (TPSA) is 78.9 Å². The minimum absolute atomic E-state index is 0.00370. The predicted molar refractivity (Wildman–Crippen MR) is 137 cm³/mol. The van der Waals surface area contributed by atoms with E-state index in [2.05, 4.69) is 32.9 Å². The largest absolute Gasteiger partial charge is 0.466 e. The number of hydrogen-bond donors (Lipinski definition) is 0. The van der Waals surface area contributed by atoms with Gasteiger partial charge >= 0.3 is 17.9 Å². The van der Waals surface area contributed by atoms with Crippen LogP contribution in [0.15, 0.2) is 12.2 Å². The van der Waals surface area contributed by atoms with Crippen LogP contribution < -0.4 is 0 Å². The fourth-order valence-corrected chi connectivity index (χ4v) is 8.98. The van der Waals surface area contributed by atoms with Crippen LogP contribution in [0.4, 0.5) is 0 Å². The third kappa shape index (κ3) is 4.86. The first kappa shape index (κ1) is 27.2. The van der Waals surface area contributed by atoms with Gasteiger partial charge in [-0.15, -0.1) is 0 Å². The number of allylic oxidation sites excluding steroid dienone is 2. The van der Waals surface area contributed by atoms with Crippen molar-refractivity contribution in [3.05, 3.63) is 12.2 Å². The molecule has 6 heteroatoms. The van der Waals surface area contributed by atoms with Crippen LogP contribution in [0.25, 0.3) is 0 Å². The molecule has 0 aliphatic heterocycles. The van der Waals surface area contributed by atoms with Crippen LogP contribution in [0.3, 0.4) is 0 Å². The van der Waals surface area contributed by atoms with E-state index in [-0.39, 0.29) is 40.9 Å². The maximum Gasteiger partial charge on any atom is 0.305 e. The molecule has 0 radical (unpaired) electrons. The fraction of sp³-hybridized carbons (Fsp3) is 0.833. The highest BCUT2D eigenvalue weighted by atomic mass is 16.5. The van der Waals surface area contributed by atoms with Gasteiger partial charge in [0.15, 0.2) is 0 Å². The second kappa shape index (κ2) is 10.5. The third-order valence-corrected chi connectivity index (χ3v) is 10.7. The monoisotopic (exact) mass is 502 g/mol. The summed E-state index contributed by atoms with van der Waals surface area (Å²) in [6.45, 7) is 12.3. The number of fused-ring (bicyclic) bond motifs is 5. The summed E-state index contributed by atoms with van der Waals surface area (Å²) < 4.78 is 17.0. The molecule has 10 atom stereocenters. The van der Waals surface area contributed by atoms with Gasteiger partial charge in [-0.3, -0.25) is 14.4 Å². The Morgan fingerprint density at radius 3 is 2.36 bits per heavy atom. The lowest BCUT2D eigenvalue weighted by Gasteiger charge is -2.61. The molecule has 4 aliphatic carbocycles. The van der Waals surface area contributed by atoms with Crippen LogP contribution in [-0.4, -0.2) is 36.7 Å². The van der Waals surface area contributed by atoms with Crippen molar-refractivity contribution in [1.82, 2.24) is 0 Å². The molecule has 0 bridgehead atoms. The maximum atomic E-state index is 12.3. The van der Waals surface area contributed by atoms with Crippen LogP contribution in [0, 0.1) is 46.3 Å². The summed E-state index contributed by atoms with van der Waals surface area (Å²) in [7, 11) is 0. The summed E-state index contributed by atoms with van der Waals surface area (Å²) in [5.74, 6) is 1.99. The zero-order chi connectivity index (χ0) is 26.3. The Morgan fingerprint density at radius 2 is 1.69 bits per heavy atom. The second-order valence-electron chi connectivity index (χ2n) is 12.5. The number of esters is 3. The molecule has 0 N–H and O–H groups in total. The number of rotatable bonds is 7. The smallest absolute Gasteiger partial charge is 0.305 e. The molecule has 6 nitrogen and oxygen atoms in total. The van der Waals surface area contributed by atoms with Crippen LogP contribution >= 0.6 is 0 Å². The van der Waals surface area contributed by atoms with Gasteiger partial charge in [0.05, 0.1) is 6.61 Å². The Kier molecular flexibility index (Phi) is 7.92. The molecule has 0 unspecified atom stereocenters. The molecule has 0 aromatic heterocycles. The van der Waals surface area contributed by atoms with Crippen molar-refractivity contribution < 1.29 is 28.6 Å². The molecule has 0 heterocycles. The molecule has 3 saturated carbocycles. The van der Waals surface area contributed by atoms with Gasteiger partial charge in [0.25, 0.3) is 0 Å². The van der Waals surface area contributed by atoms with E-state index in [0.29, 0.717) is 48.5 Å². The van der Waals surface area contributed by atoms with Gasteiger partial charge in [-0.2, -0.15) is 0 Å². The molecule has 0 saturated heterocycles. The van der Waals surface area contributed by atoms with E-state index in [1.807, 2.05) is 6.92 Å². The summed E-state index contributed by atoms with van der Waals surface area (Å²) in [5.41, 5.74) is 0.00675. The van der Waals surface area contributed by atoms with Crippen molar-refractivity contribution in [1.29, 1.82) is 0 Å². The van der Waals surface area contributed by atoms with Crippen LogP contribution in [0.5, 0.6) is 0 Å². The third-order valence-electron chi connectivity index (χ3n) is 10.7. The number of ether oxygens (including phenoxy) is 3. The molecular formula is C30H46O6. The number of carbonyl (C=O) groups excluding carboxylic acids is 3. The van der Waals surface area contributed by atoms with Gasteiger partial charge in [0.1, 0.15) is 12.2 Å². The van der Waals surface area contributed by atoms with E-state index in [0.717, 1.165) is 44.9 Å². The summed E-state index contributed by atoms with van der Waals surface area (Å²) in [4.78, 5) is 35.9. The lowest BCUT2D eigenvalue weighted by atomic mass is 9.45. The zero-order valence-electron chi connectivity index (χ0n) is 23.1. The summed E-state index contributed by atoms with van der Waals surface area (Å²) in [6.07, 6.45) is 11.9. The van der Waals surface area contributed by atoms with Gasteiger partial charge in [0, 0.05) is 25.7 Å². The SMILES string of the molecule is CCOC(=O)CC[C@H](C)[C@H]1CC[C@@H]2[C@@H]3C=C[C@@H]4C[C@H](OC(C)=O)CC[C@]4(C)[C@H]3C[C@H](OC(C)=O)[C@@]21C. The highest BCUT2D eigenvalue weighted by Crippen LogP contribution is 2.67. The minimum Gasteiger partial charge on any atom is -0.466 e. The van der Waals surface area contributed by atoms with Crippen molar-refractivity contribution in [2.45, 2.75) is 105 Å². The molecule has 0 aromatic rings. The summed E-state index contributed by atoms with van der Waals surface area (Å²) in [6, 6.07) is 0. The number of hydrogen-bond acceptors (Lipinski definition) is 6. The lowest BCUT2D eigenvalue weighted by molar-refractivity contribution is -0.183. The number of carbonyl (C=O) groups is 3. The van der Waals surface area contributed by atoms with Gasteiger partial charge < -0.3 is 14.2 Å². The van der Waals surface area contributed by atoms with E-state index in [9.17, 15) is 14.4 Å². The normalized spacial score (nSPS) is 41.9. The average Bonchev–Trinajstić information content (AvgIpc) is 3.16. The Balaban J connectivity index is 1.59. The molecule has 4 rings (SSSR count). The molecule has 4 aliphatic rings. The highest BCUT2D eigenvalue weighted by Gasteiger charge is 2.64. The molecule has 3 fully saturated rings. The minimum atomic E-state index is -0.199. The van der Waals surface area contributed by atoms with E-state index in [4.69, 9.17) is 14.2 Å². The second-order valence-corrected chi connectivity index (χ2v) is 12.5. The molecule has 0 aromatic carbocycles. The Morgan fingerprint density at radius 1 is 0.972 bits per heavy atom. The van der Waals surface area contributed by atoms with Crippen molar-refractivity contribution in [3.8, 4) is 0 Å². The van der Waals surface area contributed by atoms with E-state index in [1.54, 1.807) is 0 Å². The summed E-state index contributed by atoms with van der Waals surface area (Å²) >= 11 is 0. The van der Waals surface area contributed by atoms with Crippen molar-refractivity contribution >= 4 is 17.9 Å². The van der Waals surface area contributed by atoms with Gasteiger partial charge in [-0.1, -0.05) is 32.9 Å². The summed E-state index contributed by atoms with van der Waals surface area (Å²) in [5, 5.41) is 0. The molecule has 202 valence electrons. The lowest BCUT2D eigenvalue weighted by Crippen LogP contribution is -2.58.